The molecule has 0 saturated carbocycles. The molecule has 0 radical (unpaired) electrons. The van der Waals surface area contributed by atoms with Crippen molar-refractivity contribution in [3.63, 3.8) is 0 Å². The normalized spacial score (nSPS) is 11.6. The van der Waals surface area contributed by atoms with Gasteiger partial charge in [0.2, 0.25) is 0 Å². The van der Waals surface area contributed by atoms with Crippen LogP contribution in [0.25, 0.3) is 0 Å². The third kappa shape index (κ3) is 3.10. The van der Waals surface area contributed by atoms with E-state index in [1.54, 1.807) is 11.3 Å². The van der Waals surface area contributed by atoms with Gasteiger partial charge in [-0.3, -0.25) is 4.79 Å². The average molecular weight is 213 g/mol. The Balaban J connectivity index is 2.64. The van der Waals surface area contributed by atoms with Crippen molar-refractivity contribution >= 4 is 17.3 Å². The van der Waals surface area contributed by atoms with Crippen LogP contribution in [0.5, 0.6) is 0 Å². The smallest absolute Gasteiger partial charge is 0.303 e. The lowest BCUT2D eigenvalue weighted by Crippen LogP contribution is -2.11. The molecule has 1 rings (SSSR count). The maximum atomic E-state index is 10.4. The van der Waals surface area contributed by atoms with Crippen molar-refractivity contribution in [1.82, 2.24) is 4.98 Å². The molecule has 1 aromatic rings. The van der Waals surface area contributed by atoms with Gasteiger partial charge in [-0.05, 0) is 0 Å². The van der Waals surface area contributed by atoms with E-state index in [1.165, 1.54) is 0 Å². The SMILES string of the molecule is CC(C)(C)c1csc(CCC(=O)O)n1. The first-order valence-electron chi connectivity index (χ1n) is 4.56. The van der Waals surface area contributed by atoms with Crippen molar-refractivity contribution in [2.75, 3.05) is 0 Å². The Morgan fingerprint density at radius 3 is 2.64 bits per heavy atom. The molecule has 0 bridgehead atoms. The molecule has 0 aromatic carbocycles. The van der Waals surface area contributed by atoms with Gasteiger partial charge in [0.1, 0.15) is 0 Å². The number of hydrogen-bond acceptors (Lipinski definition) is 3. The fourth-order valence-electron chi connectivity index (χ4n) is 0.984. The predicted molar refractivity (Wildman–Crippen MR) is 56.8 cm³/mol. The molecule has 78 valence electrons. The lowest BCUT2D eigenvalue weighted by molar-refractivity contribution is -0.136. The van der Waals surface area contributed by atoms with Gasteiger partial charge in [0.25, 0.3) is 0 Å². The van der Waals surface area contributed by atoms with E-state index in [1.807, 2.05) is 5.38 Å². The molecule has 0 fully saturated rings. The minimum atomic E-state index is -0.766. The summed E-state index contributed by atoms with van der Waals surface area (Å²) < 4.78 is 0. The van der Waals surface area contributed by atoms with Crippen LogP contribution in [0.3, 0.4) is 0 Å². The monoisotopic (exact) mass is 213 g/mol. The summed E-state index contributed by atoms with van der Waals surface area (Å²) in [6, 6.07) is 0. The van der Waals surface area contributed by atoms with E-state index in [9.17, 15) is 4.79 Å². The quantitative estimate of drug-likeness (QED) is 0.839. The van der Waals surface area contributed by atoms with E-state index in [-0.39, 0.29) is 11.8 Å². The Labute approximate surface area is 87.8 Å². The first-order chi connectivity index (χ1) is 6.39. The number of aromatic nitrogens is 1. The van der Waals surface area contributed by atoms with Gasteiger partial charge in [-0.25, -0.2) is 4.98 Å². The van der Waals surface area contributed by atoms with Crippen molar-refractivity contribution in [2.24, 2.45) is 0 Å². The van der Waals surface area contributed by atoms with Crippen LogP contribution in [-0.4, -0.2) is 16.1 Å². The van der Waals surface area contributed by atoms with Gasteiger partial charge < -0.3 is 5.11 Å². The number of carboxylic acids is 1. The van der Waals surface area contributed by atoms with E-state index in [2.05, 4.69) is 25.8 Å². The van der Waals surface area contributed by atoms with Gasteiger partial charge in [0.05, 0.1) is 17.1 Å². The maximum Gasteiger partial charge on any atom is 0.303 e. The Kier molecular flexibility index (Phi) is 3.26. The number of carbonyl (C=O) groups is 1. The number of rotatable bonds is 3. The molecule has 0 saturated heterocycles. The molecule has 0 unspecified atom stereocenters. The van der Waals surface area contributed by atoms with Crippen LogP contribution < -0.4 is 0 Å². The number of hydrogen-bond donors (Lipinski definition) is 1. The molecule has 0 amide bonds. The maximum absolute atomic E-state index is 10.4. The fraction of sp³-hybridized carbons (Fsp3) is 0.600. The van der Waals surface area contributed by atoms with Crippen LogP contribution in [0.15, 0.2) is 5.38 Å². The Morgan fingerprint density at radius 1 is 1.57 bits per heavy atom. The summed E-state index contributed by atoms with van der Waals surface area (Å²) >= 11 is 1.54. The third-order valence-corrected chi connectivity index (χ3v) is 2.78. The van der Waals surface area contributed by atoms with Gasteiger partial charge in [0.15, 0.2) is 0 Å². The number of carboxylic acid groups (broad SMARTS) is 1. The highest BCUT2D eigenvalue weighted by Crippen LogP contribution is 2.24. The van der Waals surface area contributed by atoms with Crippen molar-refractivity contribution in [1.29, 1.82) is 0 Å². The molecule has 0 aliphatic carbocycles. The van der Waals surface area contributed by atoms with Gasteiger partial charge in [-0.15, -0.1) is 11.3 Å². The highest BCUT2D eigenvalue weighted by molar-refractivity contribution is 7.09. The summed E-state index contributed by atoms with van der Waals surface area (Å²) in [6.07, 6.45) is 0.702. The molecule has 1 heterocycles. The standard InChI is InChI=1S/C10H15NO2S/c1-10(2,3)7-6-14-8(11-7)4-5-9(12)13/h6H,4-5H2,1-3H3,(H,12,13). The van der Waals surface area contributed by atoms with Crippen LogP contribution in [0.4, 0.5) is 0 Å². The highest BCUT2D eigenvalue weighted by Gasteiger charge is 2.17. The lowest BCUT2D eigenvalue weighted by Gasteiger charge is -2.14. The van der Waals surface area contributed by atoms with E-state index in [0.29, 0.717) is 6.42 Å². The zero-order valence-electron chi connectivity index (χ0n) is 8.70. The van der Waals surface area contributed by atoms with Crippen LogP contribution in [-0.2, 0) is 16.6 Å². The zero-order valence-corrected chi connectivity index (χ0v) is 9.52. The summed E-state index contributed by atoms with van der Waals surface area (Å²) in [5, 5.41) is 11.4. The van der Waals surface area contributed by atoms with Crippen LogP contribution in [0, 0.1) is 0 Å². The number of thiazole rings is 1. The minimum absolute atomic E-state index is 0.0535. The van der Waals surface area contributed by atoms with Crippen LogP contribution in [0.2, 0.25) is 0 Å². The summed E-state index contributed by atoms with van der Waals surface area (Å²) in [4.78, 5) is 14.8. The summed E-state index contributed by atoms with van der Waals surface area (Å²) in [5.41, 5.74) is 1.10. The predicted octanol–water partition coefficient (Wildman–Crippen LogP) is 2.46. The fourth-order valence-corrected chi connectivity index (χ4v) is 2.01. The highest BCUT2D eigenvalue weighted by atomic mass is 32.1. The van der Waals surface area contributed by atoms with Crippen molar-refractivity contribution in [3.8, 4) is 0 Å². The largest absolute Gasteiger partial charge is 0.481 e. The van der Waals surface area contributed by atoms with Crippen LogP contribution in [0.1, 0.15) is 37.9 Å². The molecule has 0 aliphatic rings. The first kappa shape index (κ1) is 11.2. The van der Waals surface area contributed by atoms with E-state index in [0.717, 1.165) is 10.7 Å². The summed E-state index contributed by atoms with van der Waals surface area (Å²) in [7, 11) is 0. The summed E-state index contributed by atoms with van der Waals surface area (Å²) in [6.45, 7) is 6.30. The minimum Gasteiger partial charge on any atom is -0.481 e. The van der Waals surface area contributed by atoms with Crippen molar-refractivity contribution < 1.29 is 9.90 Å². The Bertz CT molecular complexity index is 325. The van der Waals surface area contributed by atoms with Crippen molar-refractivity contribution in [3.05, 3.63) is 16.1 Å². The van der Waals surface area contributed by atoms with Gasteiger partial charge >= 0.3 is 5.97 Å². The molecule has 3 nitrogen and oxygen atoms in total. The lowest BCUT2D eigenvalue weighted by atomic mass is 9.93. The second-order valence-corrected chi connectivity index (χ2v) is 5.21. The molecular formula is C10H15NO2S. The Hall–Kier alpha value is -0.900. The van der Waals surface area contributed by atoms with E-state index < -0.39 is 5.97 Å². The Morgan fingerprint density at radius 2 is 2.21 bits per heavy atom. The topological polar surface area (TPSA) is 50.2 Å². The van der Waals surface area contributed by atoms with Gasteiger partial charge in [-0.2, -0.15) is 0 Å². The molecule has 1 aromatic heterocycles. The zero-order chi connectivity index (χ0) is 10.8. The first-order valence-corrected chi connectivity index (χ1v) is 5.44. The molecule has 4 heteroatoms. The number of aryl methyl sites for hydroxylation is 1. The second kappa shape index (κ2) is 4.09. The number of nitrogens with zero attached hydrogens (tertiary/aromatic N) is 1. The van der Waals surface area contributed by atoms with Crippen molar-refractivity contribution in [2.45, 2.75) is 39.0 Å². The second-order valence-electron chi connectivity index (χ2n) is 4.27. The molecule has 14 heavy (non-hydrogen) atoms. The van der Waals surface area contributed by atoms with E-state index >= 15 is 0 Å². The average Bonchev–Trinajstić information content (AvgIpc) is 2.47. The summed E-state index contributed by atoms with van der Waals surface area (Å²) in [5.74, 6) is -0.766. The molecule has 0 aliphatic heterocycles. The molecule has 0 atom stereocenters. The van der Waals surface area contributed by atoms with Gasteiger partial charge in [-0.1, -0.05) is 20.8 Å². The third-order valence-electron chi connectivity index (χ3n) is 1.87. The molecular weight excluding hydrogens is 198 g/mol. The van der Waals surface area contributed by atoms with Gasteiger partial charge in [0, 0.05) is 17.2 Å². The molecule has 1 N–H and O–H groups in total. The number of aliphatic carboxylic acids is 1. The molecule has 0 spiro atoms. The van der Waals surface area contributed by atoms with E-state index in [4.69, 9.17) is 5.11 Å². The van der Waals surface area contributed by atoms with Crippen LogP contribution >= 0.6 is 11.3 Å².